The number of amides is 1. The first-order valence-electron chi connectivity index (χ1n) is 8.03. The van der Waals surface area contributed by atoms with Crippen molar-refractivity contribution in [2.75, 3.05) is 24.5 Å². The van der Waals surface area contributed by atoms with Gasteiger partial charge < -0.3 is 10.2 Å². The zero-order valence-corrected chi connectivity index (χ0v) is 13.9. The van der Waals surface area contributed by atoms with Crippen LogP contribution in [0.3, 0.4) is 0 Å². The molecule has 1 rings (SSSR count). The predicted octanol–water partition coefficient (Wildman–Crippen LogP) is 3.02. The van der Waals surface area contributed by atoms with Crippen LogP contribution in [0.4, 0.5) is 5.82 Å². The van der Waals surface area contributed by atoms with E-state index in [1.54, 1.807) is 0 Å². The van der Waals surface area contributed by atoms with Crippen molar-refractivity contribution >= 4 is 11.7 Å². The Bertz CT molecular complexity index is 428. The van der Waals surface area contributed by atoms with Crippen molar-refractivity contribution in [1.82, 2.24) is 10.3 Å². The predicted molar refractivity (Wildman–Crippen MR) is 88.6 cm³/mol. The number of hydrogen-bond donors (Lipinski definition) is 1. The Morgan fingerprint density at radius 3 is 2.67 bits per heavy atom. The van der Waals surface area contributed by atoms with Gasteiger partial charge in [0.25, 0.3) is 0 Å². The molecule has 1 heterocycles. The van der Waals surface area contributed by atoms with E-state index in [0.717, 1.165) is 38.3 Å². The van der Waals surface area contributed by atoms with Crippen LogP contribution in [0, 0.1) is 5.92 Å². The molecule has 1 amide bonds. The van der Waals surface area contributed by atoms with Crippen LogP contribution in [-0.2, 0) is 11.2 Å². The van der Waals surface area contributed by atoms with Crippen molar-refractivity contribution in [2.45, 2.75) is 47.0 Å². The molecule has 0 atom stereocenters. The topological polar surface area (TPSA) is 45.2 Å². The van der Waals surface area contributed by atoms with Gasteiger partial charge in [0.15, 0.2) is 0 Å². The first-order valence-corrected chi connectivity index (χ1v) is 8.03. The van der Waals surface area contributed by atoms with Crippen LogP contribution in [0.25, 0.3) is 0 Å². The SMILES string of the molecule is CCN(CC)c1cc(CCC(=O)NCCC(C)C)ccn1. The van der Waals surface area contributed by atoms with Crippen LogP contribution in [0.2, 0.25) is 0 Å². The third-order valence-electron chi connectivity index (χ3n) is 3.58. The van der Waals surface area contributed by atoms with E-state index < -0.39 is 0 Å². The lowest BCUT2D eigenvalue weighted by molar-refractivity contribution is -0.121. The lowest BCUT2D eigenvalue weighted by Crippen LogP contribution is -2.25. The molecule has 1 aromatic rings. The molecule has 0 aliphatic carbocycles. The Morgan fingerprint density at radius 2 is 2.05 bits per heavy atom. The number of carbonyl (C=O) groups is 1. The highest BCUT2D eigenvalue weighted by Gasteiger charge is 2.06. The van der Waals surface area contributed by atoms with E-state index in [4.69, 9.17) is 0 Å². The van der Waals surface area contributed by atoms with Gasteiger partial charge in [-0.05, 0) is 50.3 Å². The lowest BCUT2D eigenvalue weighted by Gasteiger charge is -2.20. The maximum atomic E-state index is 11.8. The van der Waals surface area contributed by atoms with Crippen LogP contribution in [0.5, 0.6) is 0 Å². The molecule has 4 nitrogen and oxygen atoms in total. The number of pyridine rings is 1. The quantitative estimate of drug-likeness (QED) is 0.760. The fraction of sp³-hybridized carbons (Fsp3) is 0.647. The molecule has 118 valence electrons. The number of hydrogen-bond acceptors (Lipinski definition) is 3. The molecule has 0 fully saturated rings. The molecule has 0 saturated carbocycles. The van der Waals surface area contributed by atoms with E-state index in [9.17, 15) is 4.79 Å². The summed E-state index contributed by atoms with van der Waals surface area (Å²) in [7, 11) is 0. The van der Waals surface area contributed by atoms with Crippen molar-refractivity contribution in [3.63, 3.8) is 0 Å². The summed E-state index contributed by atoms with van der Waals surface area (Å²) in [5.74, 6) is 1.76. The maximum absolute atomic E-state index is 11.8. The molecule has 0 aromatic carbocycles. The largest absolute Gasteiger partial charge is 0.357 e. The van der Waals surface area contributed by atoms with E-state index >= 15 is 0 Å². The molecular formula is C17H29N3O. The Balaban J connectivity index is 2.44. The van der Waals surface area contributed by atoms with Crippen molar-refractivity contribution in [3.8, 4) is 0 Å². The highest BCUT2D eigenvalue weighted by molar-refractivity contribution is 5.76. The first-order chi connectivity index (χ1) is 10.1. The summed E-state index contributed by atoms with van der Waals surface area (Å²) in [5.41, 5.74) is 1.17. The van der Waals surface area contributed by atoms with E-state index in [0.29, 0.717) is 12.3 Å². The van der Waals surface area contributed by atoms with Crippen LogP contribution < -0.4 is 10.2 Å². The van der Waals surface area contributed by atoms with Crippen molar-refractivity contribution in [1.29, 1.82) is 0 Å². The number of rotatable bonds is 9. The van der Waals surface area contributed by atoms with Gasteiger partial charge in [-0.3, -0.25) is 4.79 Å². The van der Waals surface area contributed by atoms with Gasteiger partial charge in [0.05, 0.1) is 0 Å². The summed E-state index contributed by atoms with van der Waals surface area (Å²) < 4.78 is 0. The van der Waals surface area contributed by atoms with Gasteiger partial charge in [-0.15, -0.1) is 0 Å². The van der Waals surface area contributed by atoms with Crippen molar-refractivity contribution < 1.29 is 4.79 Å². The summed E-state index contributed by atoms with van der Waals surface area (Å²) in [6.07, 6.45) is 4.18. The second-order valence-corrected chi connectivity index (χ2v) is 5.73. The van der Waals surface area contributed by atoms with E-state index in [-0.39, 0.29) is 5.91 Å². The highest BCUT2D eigenvalue weighted by atomic mass is 16.1. The molecule has 4 heteroatoms. The zero-order chi connectivity index (χ0) is 15.7. The van der Waals surface area contributed by atoms with Crippen LogP contribution in [-0.4, -0.2) is 30.5 Å². The highest BCUT2D eigenvalue weighted by Crippen LogP contribution is 2.13. The number of nitrogens with zero attached hydrogens (tertiary/aromatic N) is 2. The minimum Gasteiger partial charge on any atom is -0.357 e. The van der Waals surface area contributed by atoms with E-state index in [1.807, 2.05) is 12.3 Å². The van der Waals surface area contributed by atoms with Crippen LogP contribution >= 0.6 is 0 Å². The average molecular weight is 291 g/mol. The normalized spacial score (nSPS) is 10.7. The molecular weight excluding hydrogens is 262 g/mol. The molecule has 1 aromatic heterocycles. The van der Waals surface area contributed by atoms with Gasteiger partial charge in [0.2, 0.25) is 5.91 Å². The van der Waals surface area contributed by atoms with Gasteiger partial charge in [0, 0.05) is 32.3 Å². The third kappa shape index (κ3) is 6.61. The van der Waals surface area contributed by atoms with Gasteiger partial charge in [0.1, 0.15) is 5.82 Å². The maximum Gasteiger partial charge on any atom is 0.220 e. The number of aromatic nitrogens is 1. The fourth-order valence-corrected chi connectivity index (χ4v) is 2.18. The fourth-order valence-electron chi connectivity index (χ4n) is 2.18. The molecule has 1 N–H and O–H groups in total. The van der Waals surface area contributed by atoms with Crippen LogP contribution in [0.1, 0.15) is 46.1 Å². The first kappa shape index (κ1) is 17.5. The molecule has 0 aliphatic rings. The minimum absolute atomic E-state index is 0.136. The molecule has 0 bridgehead atoms. The number of aryl methyl sites for hydroxylation is 1. The molecule has 0 spiro atoms. The lowest BCUT2D eigenvalue weighted by atomic mass is 10.1. The summed E-state index contributed by atoms with van der Waals surface area (Å²) in [5, 5.41) is 2.98. The average Bonchev–Trinajstić information content (AvgIpc) is 2.46. The van der Waals surface area contributed by atoms with Gasteiger partial charge in [-0.1, -0.05) is 13.8 Å². The van der Waals surface area contributed by atoms with Crippen LogP contribution in [0.15, 0.2) is 18.3 Å². The Morgan fingerprint density at radius 1 is 1.33 bits per heavy atom. The second-order valence-electron chi connectivity index (χ2n) is 5.73. The smallest absolute Gasteiger partial charge is 0.220 e. The minimum atomic E-state index is 0.136. The van der Waals surface area contributed by atoms with Gasteiger partial charge >= 0.3 is 0 Å². The second kappa shape index (κ2) is 9.37. The molecule has 0 unspecified atom stereocenters. The molecule has 0 saturated heterocycles. The number of carbonyl (C=O) groups excluding carboxylic acids is 1. The van der Waals surface area contributed by atoms with Crippen molar-refractivity contribution in [3.05, 3.63) is 23.9 Å². The standard InChI is InChI=1S/C17H29N3O/c1-5-20(6-2)16-13-15(10-12-18-16)7-8-17(21)19-11-9-14(3)4/h10,12-14H,5-9,11H2,1-4H3,(H,19,21). The van der Waals surface area contributed by atoms with Gasteiger partial charge in [-0.2, -0.15) is 0 Å². The van der Waals surface area contributed by atoms with E-state index in [2.05, 4.69) is 49.0 Å². The summed E-state index contributed by atoms with van der Waals surface area (Å²) in [6, 6.07) is 4.09. The summed E-state index contributed by atoms with van der Waals surface area (Å²) >= 11 is 0. The molecule has 0 aliphatic heterocycles. The Kier molecular flexibility index (Phi) is 7.80. The summed E-state index contributed by atoms with van der Waals surface area (Å²) in [6.45, 7) is 11.2. The Labute approximate surface area is 129 Å². The molecule has 21 heavy (non-hydrogen) atoms. The monoisotopic (exact) mass is 291 g/mol. The molecule has 0 radical (unpaired) electrons. The number of nitrogens with one attached hydrogen (secondary N) is 1. The van der Waals surface area contributed by atoms with Crippen molar-refractivity contribution in [2.24, 2.45) is 5.92 Å². The third-order valence-corrected chi connectivity index (χ3v) is 3.58. The van der Waals surface area contributed by atoms with E-state index in [1.165, 1.54) is 5.56 Å². The van der Waals surface area contributed by atoms with Gasteiger partial charge in [-0.25, -0.2) is 4.98 Å². The Hall–Kier alpha value is -1.58. The zero-order valence-electron chi connectivity index (χ0n) is 13.9. The number of anilines is 1. The summed E-state index contributed by atoms with van der Waals surface area (Å²) in [4.78, 5) is 18.4.